The molecule has 0 amide bonds. The van der Waals surface area contributed by atoms with E-state index in [1.165, 1.54) is 0 Å². The highest BCUT2D eigenvalue weighted by atomic mass is 16.3. The molecule has 2 heteroatoms. The van der Waals surface area contributed by atoms with Crippen LogP contribution in [-0.2, 0) is 0 Å². The molecule has 3 atom stereocenters. The van der Waals surface area contributed by atoms with Crippen LogP contribution in [0.5, 0.6) is 0 Å². The standard InChI is InChI=1S/C9H16O2/c1-3-9(2)6-4-5-7(10)8(9)11/h3,7-8,10-11H,1,4-6H2,2H3/t7-,8-,9-/m0/s1. The van der Waals surface area contributed by atoms with E-state index in [9.17, 15) is 10.2 Å². The van der Waals surface area contributed by atoms with E-state index in [-0.39, 0.29) is 5.41 Å². The predicted molar refractivity (Wildman–Crippen MR) is 44.2 cm³/mol. The second kappa shape index (κ2) is 2.95. The third-order valence-electron chi connectivity index (χ3n) is 2.72. The predicted octanol–water partition coefficient (Wildman–Crippen LogP) is 1.08. The summed E-state index contributed by atoms with van der Waals surface area (Å²) in [5, 5.41) is 18.9. The van der Waals surface area contributed by atoms with Crippen LogP contribution in [-0.4, -0.2) is 22.4 Å². The average Bonchev–Trinajstić information content (AvgIpc) is 2.00. The summed E-state index contributed by atoms with van der Waals surface area (Å²) in [6.07, 6.45) is 3.17. The molecule has 0 aromatic carbocycles. The number of hydrogen-bond donors (Lipinski definition) is 2. The summed E-state index contributed by atoms with van der Waals surface area (Å²) < 4.78 is 0. The van der Waals surface area contributed by atoms with E-state index in [0.717, 1.165) is 12.8 Å². The molecular formula is C9H16O2. The van der Waals surface area contributed by atoms with Gasteiger partial charge in [0.2, 0.25) is 0 Å². The lowest BCUT2D eigenvalue weighted by Crippen LogP contribution is -2.43. The Morgan fingerprint density at radius 2 is 2.18 bits per heavy atom. The maximum Gasteiger partial charge on any atom is 0.0886 e. The third-order valence-corrected chi connectivity index (χ3v) is 2.72. The van der Waals surface area contributed by atoms with E-state index in [0.29, 0.717) is 6.42 Å². The Morgan fingerprint density at radius 1 is 1.55 bits per heavy atom. The third kappa shape index (κ3) is 1.47. The molecule has 0 aromatic heterocycles. The minimum absolute atomic E-state index is 0.280. The molecule has 2 nitrogen and oxygen atoms in total. The molecule has 0 unspecified atom stereocenters. The molecule has 0 aliphatic heterocycles. The Kier molecular flexibility index (Phi) is 2.35. The zero-order valence-electron chi connectivity index (χ0n) is 6.95. The summed E-state index contributed by atoms with van der Waals surface area (Å²) in [5.74, 6) is 0. The first kappa shape index (κ1) is 8.75. The van der Waals surface area contributed by atoms with Gasteiger partial charge in [0, 0.05) is 5.41 Å². The van der Waals surface area contributed by atoms with Crippen molar-refractivity contribution in [1.29, 1.82) is 0 Å². The van der Waals surface area contributed by atoms with Gasteiger partial charge in [-0.25, -0.2) is 0 Å². The first-order valence-electron chi connectivity index (χ1n) is 4.10. The van der Waals surface area contributed by atoms with Crippen molar-refractivity contribution in [2.24, 2.45) is 5.41 Å². The summed E-state index contributed by atoms with van der Waals surface area (Å²) >= 11 is 0. The van der Waals surface area contributed by atoms with Crippen LogP contribution in [0.25, 0.3) is 0 Å². The van der Waals surface area contributed by atoms with E-state index in [2.05, 4.69) is 6.58 Å². The summed E-state index contributed by atoms with van der Waals surface area (Å²) in [7, 11) is 0. The van der Waals surface area contributed by atoms with Crippen molar-refractivity contribution in [2.45, 2.75) is 38.4 Å². The van der Waals surface area contributed by atoms with Crippen LogP contribution < -0.4 is 0 Å². The van der Waals surface area contributed by atoms with E-state index >= 15 is 0 Å². The van der Waals surface area contributed by atoms with Gasteiger partial charge in [-0.3, -0.25) is 0 Å². The highest BCUT2D eigenvalue weighted by Gasteiger charge is 2.37. The van der Waals surface area contributed by atoms with E-state index in [1.807, 2.05) is 6.92 Å². The molecule has 2 N–H and O–H groups in total. The molecule has 64 valence electrons. The molecule has 0 spiro atoms. The zero-order valence-corrected chi connectivity index (χ0v) is 6.95. The lowest BCUT2D eigenvalue weighted by Gasteiger charge is -2.38. The van der Waals surface area contributed by atoms with Crippen LogP contribution in [0.4, 0.5) is 0 Å². The van der Waals surface area contributed by atoms with Crippen molar-refractivity contribution in [3.63, 3.8) is 0 Å². The highest BCUT2D eigenvalue weighted by molar-refractivity contribution is 5.01. The van der Waals surface area contributed by atoms with Crippen LogP contribution in [0.15, 0.2) is 12.7 Å². The first-order chi connectivity index (χ1) is 5.10. The van der Waals surface area contributed by atoms with Crippen LogP contribution in [0, 0.1) is 5.41 Å². The molecular weight excluding hydrogens is 140 g/mol. The van der Waals surface area contributed by atoms with Gasteiger partial charge in [-0.1, -0.05) is 13.0 Å². The summed E-state index contributed by atoms with van der Waals surface area (Å²) in [6.45, 7) is 5.61. The van der Waals surface area contributed by atoms with Crippen molar-refractivity contribution in [3.8, 4) is 0 Å². The molecule has 11 heavy (non-hydrogen) atoms. The molecule has 0 radical (unpaired) electrons. The van der Waals surface area contributed by atoms with Crippen LogP contribution in [0.2, 0.25) is 0 Å². The number of hydrogen-bond acceptors (Lipinski definition) is 2. The van der Waals surface area contributed by atoms with Crippen molar-refractivity contribution in [3.05, 3.63) is 12.7 Å². The highest BCUT2D eigenvalue weighted by Crippen LogP contribution is 2.36. The van der Waals surface area contributed by atoms with E-state index < -0.39 is 12.2 Å². The van der Waals surface area contributed by atoms with Gasteiger partial charge in [0.15, 0.2) is 0 Å². The van der Waals surface area contributed by atoms with Gasteiger partial charge in [0.25, 0.3) is 0 Å². The SMILES string of the molecule is C=C[C@@]1(C)CCC[C@H](O)[C@@H]1O. The molecule has 1 saturated carbocycles. The van der Waals surface area contributed by atoms with Crippen molar-refractivity contribution in [1.82, 2.24) is 0 Å². The van der Waals surface area contributed by atoms with Crippen LogP contribution in [0.3, 0.4) is 0 Å². The Balaban J connectivity index is 2.72. The Labute approximate surface area is 67.6 Å². The topological polar surface area (TPSA) is 40.5 Å². The molecule has 0 heterocycles. The molecule has 0 bridgehead atoms. The fourth-order valence-electron chi connectivity index (χ4n) is 1.66. The fraction of sp³-hybridized carbons (Fsp3) is 0.778. The number of rotatable bonds is 1. The second-order valence-electron chi connectivity index (χ2n) is 3.61. The normalized spacial score (nSPS) is 45.4. The van der Waals surface area contributed by atoms with Gasteiger partial charge >= 0.3 is 0 Å². The van der Waals surface area contributed by atoms with Gasteiger partial charge in [0.05, 0.1) is 12.2 Å². The maximum absolute atomic E-state index is 9.58. The molecule has 1 rings (SSSR count). The number of aliphatic hydroxyl groups excluding tert-OH is 2. The van der Waals surface area contributed by atoms with E-state index in [4.69, 9.17) is 0 Å². The van der Waals surface area contributed by atoms with Crippen molar-refractivity contribution >= 4 is 0 Å². The van der Waals surface area contributed by atoms with Crippen molar-refractivity contribution < 1.29 is 10.2 Å². The molecule has 1 aliphatic carbocycles. The molecule has 1 fully saturated rings. The molecule has 0 aromatic rings. The Hall–Kier alpha value is -0.340. The summed E-state index contributed by atoms with van der Waals surface area (Å²) in [6, 6.07) is 0. The lowest BCUT2D eigenvalue weighted by molar-refractivity contribution is -0.0681. The largest absolute Gasteiger partial charge is 0.390 e. The van der Waals surface area contributed by atoms with Gasteiger partial charge in [-0.15, -0.1) is 6.58 Å². The summed E-state index contributed by atoms with van der Waals surface area (Å²) in [5.41, 5.74) is -0.280. The van der Waals surface area contributed by atoms with Gasteiger partial charge in [0.1, 0.15) is 0 Å². The quantitative estimate of drug-likeness (QED) is 0.558. The van der Waals surface area contributed by atoms with Gasteiger partial charge < -0.3 is 10.2 Å². The van der Waals surface area contributed by atoms with Gasteiger partial charge in [-0.2, -0.15) is 0 Å². The minimum atomic E-state index is -0.631. The molecule has 0 saturated heterocycles. The molecule has 1 aliphatic rings. The smallest absolute Gasteiger partial charge is 0.0886 e. The number of aliphatic hydroxyl groups is 2. The van der Waals surface area contributed by atoms with Crippen LogP contribution >= 0.6 is 0 Å². The second-order valence-corrected chi connectivity index (χ2v) is 3.61. The zero-order chi connectivity index (χ0) is 8.48. The maximum atomic E-state index is 9.58. The average molecular weight is 156 g/mol. The Bertz CT molecular complexity index is 156. The van der Waals surface area contributed by atoms with Gasteiger partial charge in [-0.05, 0) is 19.3 Å². The van der Waals surface area contributed by atoms with E-state index in [1.54, 1.807) is 6.08 Å². The minimum Gasteiger partial charge on any atom is -0.390 e. The lowest BCUT2D eigenvalue weighted by atomic mass is 9.72. The fourth-order valence-corrected chi connectivity index (χ4v) is 1.66. The monoisotopic (exact) mass is 156 g/mol. The van der Waals surface area contributed by atoms with Crippen molar-refractivity contribution in [2.75, 3.05) is 0 Å². The Morgan fingerprint density at radius 3 is 2.64 bits per heavy atom. The first-order valence-corrected chi connectivity index (χ1v) is 4.10. The van der Waals surface area contributed by atoms with Crippen LogP contribution in [0.1, 0.15) is 26.2 Å². The summed E-state index contributed by atoms with van der Waals surface area (Å²) in [4.78, 5) is 0.